The van der Waals surface area contributed by atoms with Crippen LogP contribution in [0.4, 0.5) is 0 Å². The summed E-state index contributed by atoms with van der Waals surface area (Å²) in [7, 11) is 0. The molecule has 0 saturated carbocycles. The van der Waals surface area contributed by atoms with Crippen molar-refractivity contribution >= 4 is 5.91 Å². The monoisotopic (exact) mass is 365 g/mol. The van der Waals surface area contributed by atoms with Gasteiger partial charge in [-0.25, -0.2) is 0 Å². The van der Waals surface area contributed by atoms with Crippen LogP contribution in [-0.4, -0.2) is 11.5 Å². The number of nitrogens with one attached hydrogen (secondary N) is 1. The van der Waals surface area contributed by atoms with E-state index in [0.717, 1.165) is 24.2 Å². The molecule has 144 valence electrons. The lowest BCUT2D eigenvalue weighted by Gasteiger charge is -2.27. The van der Waals surface area contributed by atoms with E-state index in [-0.39, 0.29) is 11.9 Å². The van der Waals surface area contributed by atoms with Gasteiger partial charge in [-0.3, -0.25) is 4.79 Å². The summed E-state index contributed by atoms with van der Waals surface area (Å²) in [6.45, 7) is 10.0. The maximum absolute atomic E-state index is 12.8. The SMILES string of the molecule is CC(C)c1ccc(C(C)NC(=O)C(C)(C)Oc2ccc3c(c2)CCC3)cc1. The van der Waals surface area contributed by atoms with Crippen molar-refractivity contribution in [2.45, 2.75) is 71.4 Å². The minimum atomic E-state index is -0.932. The molecule has 1 N–H and O–H groups in total. The van der Waals surface area contributed by atoms with Crippen LogP contribution in [0.2, 0.25) is 0 Å². The second kappa shape index (κ2) is 7.75. The minimum absolute atomic E-state index is 0.0680. The summed E-state index contributed by atoms with van der Waals surface area (Å²) in [4.78, 5) is 12.8. The van der Waals surface area contributed by atoms with Gasteiger partial charge in [0.05, 0.1) is 6.04 Å². The van der Waals surface area contributed by atoms with Crippen molar-refractivity contribution < 1.29 is 9.53 Å². The molecule has 2 aromatic carbocycles. The maximum atomic E-state index is 12.8. The topological polar surface area (TPSA) is 38.3 Å². The molecule has 3 rings (SSSR count). The van der Waals surface area contributed by atoms with Crippen LogP contribution in [-0.2, 0) is 17.6 Å². The first-order valence-corrected chi connectivity index (χ1v) is 9.98. The highest BCUT2D eigenvalue weighted by molar-refractivity contribution is 5.85. The van der Waals surface area contributed by atoms with Gasteiger partial charge in [-0.2, -0.15) is 0 Å². The zero-order valence-electron chi connectivity index (χ0n) is 17.1. The van der Waals surface area contributed by atoms with E-state index in [4.69, 9.17) is 4.74 Å². The van der Waals surface area contributed by atoms with Crippen LogP contribution in [0.25, 0.3) is 0 Å². The molecule has 3 heteroatoms. The van der Waals surface area contributed by atoms with E-state index in [0.29, 0.717) is 5.92 Å². The second-order valence-electron chi connectivity index (χ2n) is 8.41. The Kier molecular flexibility index (Phi) is 5.59. The van der Waals surface area contributed by atoms with Crippen molar-refractivity contribution in [3.63, 3.8) is 0 Å². The Labute approximate surface area is 163 Å². The number of rotatable bonds is 6. The fraction of sp³-hybridized carbons (Fsp3) is 0.458. The van der Waals surface area contributed by atoms with Gasteiger partial charge in [0, 0.05) is 0 Å². The number of hydrogen-bond donors (Lipinski definition) is 1. The molecule has 1 amide bonds. The molecule has 1 unspecified atom stereocenters. The molecule has 3 nitrogen and oxygen atoms in total. The molecule has 1 aliphatic carbocycles. The number of benzene rings is 2. The van der Waals surface area contributed by atoms with E-state index in [9.17, 15) is 4.79 Å². The number of aryl methyl sites for hydroxylation is 2. The molecule has 0 spiro atoms. The molecule has 1 aliphatic rings. The molecule has 0 bridgehead atoms. The van der Waals surface area contributed by atoms with E-state index in [1.54, 1.807) is 0 Å². The molecule has 2 aromatic rings. The predicted octanol–water partition coefficient (Wildman–Crippen LogP) is 5.33. The van der Waals surface area contributed by atoms with Gasteiger partial charge >= 0.3 is 0 Å². The van der Waals surface area contributed by atoms with Crippen molar-refractivity contribution in [3.05, 3.63) is 64.7 Å². The summed E-state index contributed by atoms with van der Waals surface area (Å²) in [5.74, 6) is 1.16. The maximum Gasteiger partial charge on any atom is 0.264 e. The molecule has 0 heterocycles. The van der Waals surface area contributed by atoms with E-state index in [2.05, 4.69) is 55.6 Å². The Bertz CT molecular complexity index is 806. The fourth-order valence-corrected chi connectivity index (χ4v) is 3.58. The van der Waals surface area contributed by atoms with Gasteiger partial charge in [0.15, 0.2) is 5.60 Å². The van der Waals surface area contributed by atoms with Gasteiger partial charge in [-0.15, -0.1) is 0 Å². The van der Waals surface area contributed by atoms with Crippen LogP contribution in [0.5, 0.6) is 5.75 Å². The van der Waals surface area contributed by atoms with E-state index in [1.807, 2.05) is 26.8 Å². The third-order valence-corrected chi connectivity index (χ3v) is 5.44. The van der Waals surface area contributed by atoms with Crippen LogP contribution in [0.1, 0.15) is 75.3 Å². The van der Waals surface area contributed by atoms with Crippen molar-refractivity contribution in [2.24, 2.45) is 0 Å². The minimum Gasteiger partial charge on any atom is -0.478 e. The molecule has 0 radical (unpaired) electrons. The first kappa shape index (κ1) is 19.5. The molecular formula is C24H31NO2. The Balaban J connectivity index is 1.64. The molecule has 1 atom stereocenters. The summed E-state index contributed by atoms with van der Waals surface area (Å²) < 4.78 is 6.06. The molecule has 0 aromatic heterocycles. The molecular weight excluding hydrogens is 334 g/mol. The number of hydrogen-bond acceptors (Lipinski definition) is 2. The standard InChI is InChI=1S/C24H31NO2/c1-16(2)18-9-11-19(12-10-18)17(3)25-23(26)24(4,5)27-22-14-13-20-7-6-8-21(20)15-22/h9-17H,6-8H2,1-5H3,(H,25,26). The van der Waals surface area contributed by atoms with E-state index < -0.39 is 5.60 Å². The Morgan fingerprint density at radius 3 is 2.26 bits per heavy atom. The second-order valence-corrected chi connectivity index (χ2v) is 8.41. The summed E-state index contributed by atoms with van der Waals surface area (Å²) in [5.41, 5.74) is 4.22. The third kappa shape index (κ3) is 4.52. The van der Waals surface area contributed by atoms with Crippen LogP contribution in [0.3, 0.4) is 0 Å². The van der Waals surface area contributed by atoms with Gasteiger partial charge in [0.2, 0.25) is 0 Å². The number of carbonyl (C=O) groups is 1. The van der Waals surface area contributed by atoms with Gasteiger partial charge in [0.1, 0.15) is 5.75 Å². The quantitative estimate of drug-likeness (QED) is 0.751. The average molecular weight is 366 g/mol. The van der Waals surface area contributed by atoms with Gasteiger partial charge in [0.25, 0.3) is 5.91 Å². The molecule has 0 fully saturated rings. The lowest BCUT2D eigenvalue weighted by Crippen LogP contribution is -2.47. The van der Waals surface area contributed by atoms with Gasteiger partial charge < -0.3 is 10.1 Å². The van der Waals surface area contributed by atoms with E-state index in [1.165, 1.54) is 23.1 Å². The predicted molar refractivity (Wildman–Crippen MR) is 110 cm³/mol. The first-order chi connectivity index (χ1) is 12.8. The molecule has 0 aliphatic heterocycles. The lowest BCUT2D eigenvalue weighted by atomic mass is 9.99. The lowest BCUT2D eigenvalue weighted by molar-refractivity contribution is -0.134. The van der Waals surface area contributed by atoms with Crippen molar-refractivity contribution in [1.29, 1.82) is 0 Å². The number of fused-ring (bicyclic) bond motifs is 1. The van der Waals surface area contributed by atoms with Crippen LogP contribution in [0, 0.1) is 0 Å². The van der Waals surface area contributed by atoms with E-state index >= 15 is 0 Å². The summed E-state index contributed by atoms with van der Waals surface area (Å²) in [6.07, 6.45) is 3.45. The zero-order valence-corrected chi connectivity index (χ0v) is 17.1. The summed E-state index contributed by atoms with van der Waals surface area (Å²) in [6, 6.07) is 14.6. The van der Waals surface area contributed by atoms with Crippen molar-refractivity contribution in [3.8, 4) is 5.75 Å². The number of amides is 1. The van der Waals surface area contributed by atoms with Crippen LogP contribution in [0.15, 0.2) is 42.5 Å². The first-order valence-electron chi connectivity index (χ1n) is 9.98. The Morgan fingerprint density at radius 2 is 1.59 bits per heavy atom. The van der Waals surface area contributed by atoms with Crippen molar-refractivity contribution in [1.82, 2.24) is 5.32 Å². The molecule has 0 saturated heterocycles. The van der Waals surface area contributed by atoms with Crippen molar-refractivity contribution in [2.75, 3.05) is 0 Å². The highest BCUT2D eigenvalue weighted by Crippen LogP contribution is 2.28. The normalized spacial score (nSPS) is 14.7. The zero-order chi connectivity index (χ0) is 19.6. The number of ether oxygens (including phenoxy) is 1. The smallest absolute Gasteiger partial charge is 0.264 e. The summed E-state index contributed by atoms with van der Waals surface area (Å²) in [5, 5.41) is 3.09. The Hall–Kier alpha value is -2.29. The number of carbonyl (C=O) groups excluding carboxylic acids is 1. The summed E-state index contributed by atoms with van der Waals surface area (Å²) >= 11 is 0. The fourth-order valence-electron chi connectivity index (χ4n) is 3.58. The molecule has 27 heavy (non-hydrogen) atoms. The highest BCUT2D eigenvalue weighted by Gasteiger charge is 2.31. The Morgan fingerprint density at radius 1 is 0.963 bits per heavy atom. The van der Waals surface area contributed by atoms with Gasteiger partial charge in [-0.05, 0) is 80.3 Å². The third-order valence-electron chi connectivity index (χ3n) is 5.44. The van der Waals surface area contributed by atoms with Crippen LogP contribution >= 0.6 is 0 Å². The van der Waals surface area contributed by atoms with Crippen LogP contribution < -0.4 is 10.1 Å². The largest absolute Gasteiger partial charge is 0.478 e. The average Bonchev–Trinajstić information content (AvgIpc) is 3.09. The highest BCUT2D eigenvalue weighted by atomic mass is 16.5. The van der Waals surface area contributed by atoms with Gasteiger partial charge in [-0.1, -0.05) is 44.2 Å².